The van der Waals surface area contributed by atoms with Crippen molar-refractivity contribution >= 4 is 5.91 Å². The number of rotatable bonds is 2. The van der Waals surface area contributed by atoms with Crippen molar-refractivity contribution in [1.29, 1.82) is 0 Å². The van der Waals surface area contributed by atoms with Crippen molar-refractivity contribution in [3.63, 3.8) is 0 Å². The Bertz CT molecular complexity index is 354. The van der Waals surface area contributed by atoms with Crippen LogP contribution in [-0.2, 0) is 4.79 Å². The molecule has 2 saturated heterocycles. The molecule has 116 valence electrons. The van der Waals surface area contributed by atoms with E-state index in [0.717, 1.165) is 12.8 Å². The molecule has 2 unspecified atom stereocenters. The van der Waals surface area contributed by atoms with Crippen LogP contribution in [0.5, 0.6) is 0 Å². The zero-order valence-electron chi connectivity index (χ0n) is 11.4. The molecule has 0 aromatic heterocycles. The predicted molar refractivity (Wildman–Crippen MR) is 67.0 cm³/mol. The van der Waals surface area contributed by atoms with Gasteiger partial charge in [-0.15, -0.1) is 0 Å². The van der Waals surface area contributed by atoms with Gasteiger partial charge in [-0.25, -0.2) is 0 Å². The van der Waals surface area contributed by atoms with E-state index in [1.165, 1.54) is 4.90 Å². The first-order valence-corrected chi connectivity index (χ1v) is 7.12. The van der Waals surface area contributed by atoms with E-state index in [0.29, 0.717) is 19.4 Å². The number of likely N-dealkylation sites (tertiary alicyclic amines) is 1. The van der Waals surface area contributed by atoms with Gasteiger partial charge in [-0.05, 0) is 25.8 Å². The minimum atomic E-state index is -4.56. The highest BCUT2D eigenvalue weighted by molar-refractivity contribution is 5.84. The summed E-state index contributed by atoms with van der Waals surface area (Å²) in [4.78, 5) is 13.8. The Morgan fingerprint density at radius 2 is 2.10 bits per heavy atom. The lowest BCUT2D eigenvalue weighted by Crippen LogP contribution is -2.56. The summed E-state index contributed by atoms with van der Waals surface area (Å²) in [7, 11) is 0. The van der Waals surface area contributed by atoms with Crippen molar-refractivity contribution < 1.29 is 23.1 Å². The van der Waals surface area contributed by atoms with Crippen molar-refractivity contribution in [3.05, 3.63) is 0 Å². The Morgan fingerprint density at radius 3 is 2.65 bits per heavy atom. The van der Waals surface area contributed by atoms with Crippen LogP contribution in [-0.4, -0.2) is 54.4 Å². The lowest BCUT2D eigenvalue weighted by Gasteiger charge is -2.38. The highest BCUT2D eigenvalue weighted by Crippen LogP contribution is 2.45. The maximum Gasteiger partial charge on any atom is 0.404 e. The number of nitrogens with one attached hydrogen (secondary N) is 1. The molecule has 2 N–H and O–H groups in total. The van der Waals surface area contributed by atoms with E-state index in [4.69, 9.17) is 0 Å². The molecular formula is C13H21F3N2O2. The molecule has 2 fully saturated rings. The molecule has 4 nitrogen and oxygen atoms in total. The molecule has 2 aliphatic rings. The monoisotopic (exact) mass is 294 g/mol. The third-order valence-electron chi connectivity index (χ3n) is 4.46. The summed E-state index contributed by atoms with van der Waals surface area (Å²) >= 11 is 0. The fraction of sp³-hybridized carbons (Fsp3) is 0.923. The van der Waals surface area contributed by atoms with Crippen LogP contribution in [0.3, 0.4) is 0 Å². The van der Waals surface area contributed by atoms with Crippen LogP contribution in [0.15, 0.2) is 0 Å². The van der Waals surface area contributed by atoms with Gasteiger partial charge in [0.05, 0.1) is 12.6 Å². The molecule has 0 aliphatic carbocycles. The largest absolute Gasteiger partial charge is 0.404 e. The molecular weight excluding hydrogens is 273 g/mol. The van der Waals surface area contributed by atoms with E-state index in [2.05, 4.69) is 5.32 Å². The number of hydrogen-bond donors (Lipinski definition) is 2. The first kappa shape index (κ1) is 15.6. The maximum absolute atomic E-state index is 13.4. The van der Waals surface area contributed by atoms with Gasteiger partial charge in [0, 0.05) is 13.1 Å². The highest BCUT2D eigenvalue weighted by atomic mass is 19.4. The first-order valence-electron chi connectivity index (χ1n) is 7.12. The van der Waals surface area contributed by atoms with E-state index >= 15 is 0 Å². The van der Waals surface area contributed by atoms with Crippen LogP contribution in [0, 0.1) is 5.41 Å². The number of hydrogen-bond acceptors (Lipinski definition) is 3. The number of amides is 1. The zero-order valence-corrected chi connectivity index (χ0v) is 11.4. The summed E-state index contributed by atoms with van der Waals surface area (Å²) < 4.78 is 40.2. The highest BCUT2D eigenvalue weighted by Gasteiger charge is 2.62. The van der Waals surface area contributed by atoms with Crippen LogP contribution in [0.25, 0.3) is 0 Å². The maximum atomic E-state index is 13.4. The quantitative estimate of drug-likeness (QED) is 0.807. The molecule has 0 radical (unpaired) electrons. The fourth-order valence-corrected chi connectivity index (χ4v) is 3.15. The van der Waals surface area contributed by atoms with Crippen molar-refractivity contribution in [2.24, 2.45) is 5.41 Å². The molecule has 0 bridgehead atoms. The molecule has 0 aromatic carbocycles. The van der Waals surface area contributed by atoms with Gasteiger partial charge in [0.1, 0.15) is 0 Å². The third-order valence-corrected chi connectivity index (χ3v) is 4.46. The van der Waals surface area contributed by atoms with Crippen molar-refractivity contribution in [3.8, 4) is 0 Å². The third kappa shape index (κ3) is 2.65. The Hall–Kier alpha value is -0.820. The minimum Gasteiger partial charge on any atom is -0.394 e. The lowest BCUT2D eigenvalue weighted by molar-refractivity contribution is -0.223. The summed E-state index contributed by atoms with van der Waals surface area (Å²) in [6.07, 6.45) is -1.78. The summed E-state index contributed by atoms with van der Waals surface area (Å²) in [5.41, 5.74) is -2.31. The number of aliphatic hydroxyl groups is 1. The Morgan fingerprint density at radius 1 is 1.35 bits per heavy atom. The first-order chi connectivity index (χ1) is 9.42. The van der Waals surface area contributed by atoms with Gasteiger partial charge in [0.2, 0.25) is 5.91 Å². The van der Waals surface area contributed by atoms with Crippen molar-refractivity contribution in [2.75, 3.05) is 26.2 Å². The summed E-state index contributed by atoms with van der Waals surface area (Å²) in [6, 6.07) is -0.482. The van der Waals surface area contributed by atoms with Crippen LogP contribution >= 0.6 is 0 Å². The fourth-order valence-electron chi connectivity index (χ4n) is 3.15. The number of carbonyl (C=O) groups excluding carboxylic acids is 1. The molecule has 2 aliphatic heterocycles. The number of alkyl halides is 3. The van der Waals surface area contributed by atoms with Gasteiger partial charge in [-0.2, -0.15) is 13.2 Å². The average molecular weight is 294 g/mol. The van der Waals surface area contributed by atoms with Gasteiger partial charge in [-0.1, -0.05) is 12.8 Å². The molecule has 0 saturated carbocycles. The van der Waals surface area contributed by atoms with Crippen LogP contribution in [0.1, 0.15) is 32.1 Å². The van der Waals surface area contributed by atoms with Gasteiger partial charge in [0.25, 0.3) is 0 Å². The van der Waals surface area contributed by atoms with Gasteiger partial charge in [0.15, 0.2) is 5.41 Å². The Balaban J connectivity index is 2.26. The van der Waals surface area contributed by atoms with Crippen LogP contribution in [0.2, 0.25) is 0 Å². The molecule has 20 heavy (non-hydrogen) atoms. The number of aliphatic hydroxyl groups excluding tert-OH is 1. The molecule has 2 rings (SSSR count). The SMILES string of the molecule is O=C(N1CCCCCC1CO)C1(C(F)(F)F)CCNC1. The summed E-state index contributed by atoms with van der Waals surface area (Å²) in [5.74, 6) is -0.865. The Labute approximate surface area is 116 Å². The predicted octanol–water partition coefficient (Wildman–Crippen LogP) is 1.29. The smallest absolute Gasteiger partial charge is 0.394 e. The second-order valence-electron chi connectivity index (χ2n) is 5.69. The molecule has 0 aromatic rings. The minimum absolute atomic E-state index is 0.197. The van der Waals surface area contributed by atoms with Gasteiger partial charge in [-0.3, -0.25) is 4.79 Å². The second kappa shape index (κ2) is 5.89. The normalized spacial score (nSPS) is 32.2. The standard InChI is InChI=1S/C13H21F3N2O2/c14-13(15,16)12(5-6-17-9-12)11(20)18-7-3-1-2-4-10(18)8-19/h10,17,19H,1-9H2. The number of halogens is 3. The molecule has 0 spiro atoms. The zero-order chi connectivity index (χ0) is 14.8. The van der Waals surface area contributed by atoms with Gasteiger partial charge < -0.3 is 15.3 Å². The topological polar surface area (TPSA) is 52.6 Å². The molecule has 2 heterocycles. The average Bonchev–Trinajstić information content (AvgIpc) is 2.78. The van der Waals surface area contributed by atoms with E-state index < -0.39 is 23.5 Å². The Kier molecular flexibility index (Phi) is 4.59. The van der Waals surface area contributed by atoms with Crippen molar-refractivity contribution in [1.82, 2.24) is 10.2 Å². The van der Waals surface area contributed by atoms with E-state index in [1.54, 1.807) is 0 Å². The summed E-state index contributed by atoms with van der Waals surface area (Å²) in [6.45, 7) is -0.123. The number of nitrogens with zero attached hydrogens (tertiary/aromatic N) is 1. The summed E-state index contributed by atoms with van der Waals surface area (Å²) in [5, 5.41) is 12.0. The van der Waals surface area contributed by atoms with E-state index in [-0.39, 0.29) is 26.1 Å². The van der Waals surface area contributed by atoms with Crippen molar-refractivity contribution in [2.45, 2.75) is 44.3 Å². The lowest BCUT2D eigenvalue weighted by atomic mass is 9.84. The molecule has 1 amide bonds. The number of carbonyl (C=O) groups is 1. The van der Waals surface area contributed by atoms with E-state index in [1.807, 2.05) is 0 Å². The van der Waals surface area contributed by atoms with Crippen LogP contribution < -0.4 is 5.32 Å². The second-order valence-corrected chi connectivity index (χ2v) is 5.69. The van der Waals surface area contributed by atoms with Crippen LogP contribution in [0.4, 0.5) is 13.2 Å². The van der Waals surface area contributed by atoms with E-state index in [9.17, 15) is 23.1 Å². The van der Waals surface area contributed by atoms with Gasteiger partial charge >= 0.3 is 6.18 Å². The molecule has 7 heteroatoms. The molecule has 2 atom stereocenters.